The fourth-order valence-electron chi connectivity index (χ4n) is 6.60. The van der Waals surface area contributed by atoms with Crippen molar-refractivity contribution in [1.29, 1.82) is 0 Å². The van der Waals surface area contributed by atoms with Crippen molar-refractivity contribution in [1.82, 2.24) is 0 Å². The van der Waals surface area contributed by atoms with Crippen LogP contribution in [0, 0.1) is 0 Å². The minimum Gasteiger partial charge on any atom is -0.545 e. The van der Waals surface area contributed by atoms with Gasteiger partial charge in [-0.05, 0) is 64.2 Å². The second kappa shape index (κ2) is 45.3. The van der Waals surface area contributed by atoms with Crippen LogP contribution in [0.3, 0.4) is 0 Å². The Bertz CT molecular complexity index is 1260. The van der Waals surface area contributed by atoms with E-state index in [0.29, 0.717) is 17.4 Å². The van der Waals surface area contributed by atoms with Crippen molar-refractivity contribution in [3.8, 4) is 0 Å². The molecule has 362 valence electrons. The number of carboxylic acids is 1. The number of rotatable bonds is 45. The Hall–Kier alpha value is -3.27. The number of carbonyl (C=O) groups is 3. The van der Waals surface area contributed by atoms with E-state index in [0.717, 1.165) is 83.5 Å². The molecule has 0 aliphatic heterocycles. The van der Waals surface area contributed by atoms with Gasteiger partial charge < -0.3 is 33.3 Å². The highest BCUT2D eigenvalue weighted by Gasteiger charge is 2.21. The average molecular weight is 884 g/mol. The molecule has 9 heteroatoms. The molecule has 0 radical (unpaired) electrons. The number of hydrogen-bond acceptors (Lipinski definition) is 8. The van der Waals surface area contributed by atoms with Gasteiger partial charge in [0.05, 0.1) is 40.3 Å². The fraction of sp³-hybridized carbons (Fsp3) is 0.722. The maximum absolute atomic E-state index is 12.8. The largest absolute Gasteiger partial charge is 0.545 e. The summed E-state index contributed by atoms with van der Waals surface area (Å²) in [7, 11) is 5.90. The van der Waals surface area contributed by atoms with Gasteiger partial charge in [0, 0.05) is 12.8 Å². The average Bonchev–Trinajstić information content (AvgIpc) is 3.24. The van der Waals surface area contributed by atoms with Gasteiger partial charge in [-0.25, -0.2) is 0 Å². The highest BCUT2D eigenvalue weighted by molar-refractivity contribution is 5.70. The molecule has 0 N–H and O–H groups in total. The lowest BCUT2D eigenvalue weighted by molar-refractivity contribution is -0.870. The molecule has 0 fully saturated rings. The lowest BCUT2D eigenvalue weighted by Crippen LogP contribution is -2.44. The molecule has 0 heterocycles. The van der Waals surface area contributed by atoms with Gasteiger partial charge in [-0.15, -0.1) is 0 Å². The molecule has 0 saturated carbocycles. The number of unbranched alkanes of at least 4 members (excludes halogenated alkanes) is 18. The highest BCUT2D eigenvalue weighted by atomic mass is 16.7. The lowest BCUT2D eigenvalue weighted by atomic mass is 10.1. The van der Waals surface area contributed by atoms with Crippen molar-refractivity contribution < 1.29 is 42.9 Å². The van der Waals surface area contributed by atoms with Crippen molar-refractivity contribution in [2.24, 2.45) is 0 Å². The molecular weight excluding hydrogens is 791 g/mol. The predicted octanol–water partition coefficient (Wildman–Crippen LogP) is 12.6. The van der Waals surface area contributed by atoms with E-state index >= 15 is 0 Å². The molecule has 0 bridgehead atoms. The maximum Gasteiger partial charge on any atom is 0.306 e. The smallest absolute Gasteiger partial charge is 0.306 e. The standard InChI is InChI=1S/C54H93NO8/c1-6-8-10-12-14-16-18-19-20-21-22-23-24-25-26-27-28-29-30-31-32-33-35-37-39-41-43-45-52(57)63-50(49-62-54(53(58)59)60-47-46-55(3,4)5)48-61-51(56)44-42-40-38-36-34-17-15-13-11-9-7-2/h8,10,14,16,19-20,22-23,25-26,28-29,50,54H,6-7,9,11-13,15,17-18,21,24,27,30-49H2,1-5H3/b10-8-,16-14-,20-19-,23-22-,26-25-,29-28-. The number of nitrogens with zero attached hydrogens (tertiary/aromatic N) is 1. The van der Waals surface area contributed by atoms with Crippen molar-refractivity contribution in [2.75, 3.05) is 47.5 Å². The van der Waals surface area contributed by atoms with E-state index in [2.05, 4.69) is 86.8 Å². The summed E-state index contributed by atoms with van der Waals surface area (Å²) in [5.74, 6) is -2.30. The van der Waals surface area contributed by atoms with Crippen LogP contribution < -0.4 is 5.11 Å². The third kappa shape index (κ3) is 46.5. The van der Waals surface area contributed by atoms with Crippen LogP contribution >= 0.6 is 0 Å². The van der Waals surface area contributed by atoms with E-state index in [1.54, 1.807) is 0 Å². The topological polar surface area (TPSA) is 111 Å². The Morgan fingerprint density at radius 3 is 1.35 bits per heavy atom. The molecule has 0 aromatic heterocycles. The van der Waals surface area contributed by atoms with Gasteiger partial charge in [0.2, 0.25) is 0 Å². The van der Waals surface area contributed by atoms with E-state index in [9.17, 15) is 19.5 Å². The summed E-state index contributed by atoms with van der Waals surface area (Å²) in [4.78, 5) is 37.0. The van der Waals surface area contributed by atoms with E-state index in [1.807, 2.05) is 21.1 Å². The number of quaternary nitrogens is 1. The Morgan fingerprint density at radius 1 is 0.492 bits per heavy atom. The maximum atomic E-state index is 12.8. The zero-order valence-corrected chi connectivity index (χ0v) is 40.9. The zero-order chi connectivity index (χ0) is 46.3. The Balaban J connectivity index is 4.30. The molecule has 9 nitrogen and oxygen atoms in total. The van der Waals surface area contributed by atoms with Crippen LogP contribution in [0.5, 0.6) is 0 Å². The zero-order valence-electron chi connectivity index (χ0n) is 40.9. The summed E-state index contributed by atoms with van der Waals surface area (Å²) < 4.78 is 22.6. The Labute approximate surface area is 386 Å². The molecular formula is C54H93NO8. The Kier molecular flexibility index (Phi) is 43.0. The number of carboxylic acid groups (broad SMARTS) is 1. The van der Waals surface area contributed by atoms with Crippen LogP contribution in [-0.4, -0.2) is 82.3 Å². The van der Waals surface area contributed by atoms with E-state index in [1.165, 1.54) is 77.0 Å². The first-order valence-electron chi connectivity index (χ1n) is 25.1. The second-order valence-corrected chi connectivity index (χ2v) is 17.7. The number of hydrogen-bond donors (Lipinski definition) is 0. The molecule has 2 unspecified atom stereocenters. The number of aliphatic carboxylic acids is 1. The summed E-state index contributed by atoms with van der Waals surface area (Å²) in [5, 5.41) is 11.7. The third-order valence-electron chi connectivity index (χ3n) is 10.5. The summed E-state index contributed by atoms with van der Waals surface area (Å²) in [6, 6.07) is 0. The third-order valence-corrected chi connectivity index (χ3v) is 10.5. The summed E-state index contributed by atoms with van der Waals surface area (Å²) in [5.41, 5.74) is 0. The number of carbonyl (C=O) groups excluding carboxylic acids is 3. The van der Waals surface area contributed by atoms with Crippen LogP contribution in [0.4, 0.5) is 0 Å². The van der Waals surface area contributed by atoms with Crippen LogP contribution in [0.15, 0.2) is 72.9 Å². The minimum atomic E-state index is -1.62. The molecule has 0 amide bonds. The van der Waals surface area contributed by atoms with Gasteiger partial charge in [0.1, 0.15) is 13.2 Å². The number of likely N-dealkylation sites (N-methyl/N-ethyl adjacent to an activating group) is 1. The lowest BCUT2D eigenvalue weighted by Gasteiger charge is -2.26. The Morgan fingerprint density at radius 2 is 0.905 bits per heavy atom. The SMILES string of the molecule is CC/C=C\C/C=C\C/C=C\C/C=C\C/C=C\C/C=C\CCCCCCCCCCC(=O)OC(COC(=O)CCCCCCCCCCCCC)COC(OCC[N+](C)(C)C)C(=O)[O-]. The van der Waals surface area contributed by atoms with Gasteiger partial charge >= 0.3 is 11.9 Å². The highest BCUT2D eigenvalue weighted by Crippen LogP contribution is 2.14. The minimum absolute atomic E-state index is 0.144. The first-order valence-corrected chi connectivity index (χ1v) is 25.1. The monoisotopic (exact) mass is 884 g/mol. The van der Waals surface area contributed by atoms with E-state index < -0.39 is 24.3 Å². The molecule has 2 atom stereocenters. The van der Waals surface area contributed by atoms with Gasteiger partial charge in [-0.2, -0.15) is 0 Å². The molecule has 0 aromatic rings. The van der Waals surface area contributed by atoms with Crippen LogP contribution in [0.2, 0.25) is 0 Å². The number of ether oxygens (including phenoxy) is 4. The molecule has 63 heavy (non-hydrogen) atoms. The quantitative estimate of drug-likeness (QED) is 0.0195. The van der Waals surface area contributed by atoms with E-state index in [-0.39, 0.29) is 38.6 Å². The van der Waals surface area contributed by atoms with Crippen molar-refractivity contribution in [3.05, 3.63) is 72.9 Å². The molecule has 0 spiro atoms. The molecule has 0 aliphatic carbocycles. The first-order chi connectivity index (χ1) is 30.6. The van der Waals surface area contributed by atoms with Crippen molar-refractivity contribution in [3.63, 3.8) is 0 Å². The van der Waals surface area contributed by atoms with E-state index in [4.69, 9.17) is 18.9 Å². The summed E-state index contributed by atoms with van der Waals surface area (Å²) in [6.45, 7) is 4.60. The molecule has 0 rings (SSSR count). The van der Waals surface area contributed by atoms with Crippen LogP contribution in [0.1, 0.15) is 194 Å². The molecule has 0 saturated heterocycles. The normalized spacial score (nSPS) is 13.5. The van der Waals surface area contributed by atoms with Gasteiger partial charge in [0.15, 0.2) is 12.4 Å². The number of allylic oxidation sites excluding steroid dienone is 12. The van der Waals surface area contributed by atoms with Crippen molar-refractivity contribution in [2.45, 2.75) is 206 Å². The van der Waals surface area contributed by atoms with Crippen LogP contribution in [-0.2, 0) is 33.3 Å². The number of esters is 2. The molecule has 0 aromatic carbocycles. The fourth-order valence-corrected chi connectivity index (χ4v) is 6.60. The summed E-state index contributed by atoms with van der Waals surface area (Å²) in [6.07, 6.45) is 53.7. The summed E-state index contributed by atoms with van der Waals surface area (Å²) >= 11 is 0. The predicted molar refractivity (Wildman–Crippen MR) is 260 cm³/mol. The molecule has 0 aliphatic rings. The second-order valence-electron chi connectivity index (χ2n) is 17.7. The van der Waals surface area contributed by atoms with Crippen LogP contribution in [0.25, 0.3) is 0 Å². The van der Waals surface area contributed by atoms with Gasteiger partial charge in [0.25, 0.3) is 0 Å². The van der Waals surface area contributed by atoms with Gasteiger partial charge in [-0.1, -0.05) is 189 Å². The van der Waals surface area contributed by atoms with Gasteiger partial charge in [-0.3, -0.25) is 9.59 Å². The first kappa shape index (κ1) is 59.7. The van der Waals surface area contributed by atoms with Crippen molar-refractivity contribution >= 4 is 17.9 Å².